The Balaban J connectivity index is 1.81. The van der Waals surface area contributed by atoms with Crippen LogP contribution in [0.25, 0.3) is 11.0 Å². The molecule has 0 amide bonds. The standard InChI is InChI=1S/C20H15N5O2/c26-25(27)16-11-12-17-18(13-16)24-20(22-15-9-5-2-6-10-15)19(23-17)21-14-7-3-1-4-8-14/h1-13H,(H,21,23)(H,22,24). The second-order valence-electron chi connectivity index (χ2n) is 5.83. The van der Waals surface area contributed by atoms with E-state index < -0.39 is 4.92 Å². The summed E-state index contributed by atoms with van der Waals surface area (Å²) >= 11 is 0. The first-order chi connectivity index (χ1) is 13.2. The predicted molar refractivity (Wildman–Crippen MR) is 106 cm³/mol. The number of anilines is 4. The molecule has 2 N–H and O–H groups in total. The fourth-order valence-electron chi connectivity index (χ4n) is 2.65. The van der Waals surface area contributed by atoms with Gasteiger partial charge in [0.2, 0.25) is 0 Å². The number of nitro benzene ring substituents is 1. The molecule has 0 unspecified atom stereocenters. The summed E-state index contributed by atoms with van der Waals surface area (Å²) in [7, 11) is 0. The minimum atomic E-state index is -0.443. The van der Waals surface area contributed by atoms with Gasteiger partial charge in [0.15, 0.2) is 11.6 Å². The topological polar surface area (TPSA) is 93.0 Å². The summed E-state index contributed by atoms with van der Waals surface area (Å²) in [6.07, 6.45) is 0. The number of nitro groups is 1. The van der Waals surface area contributed by atoms with Gasteiger partial charge in [-0.25, -0.2) is 9.97 Å². The van der Waals surface area contributed by atoms with E-state index in [1.807, 2.05) is 60.7 Å². The van der Waals surface area contributed by atoms with Gasteiger partial charge >= 0.3 is 0 Å². The summed E-state index contributed by atoms with van der Waals surface area (Å²) in [5.74, 6) is 1.02. The molecular formula is C20H15N5O2. The number of nitrogens with zero attached hydrogens (tertiary/aromatic N) is 3. The van der Waals surface area contributed by atoms with Crippen LogP contribution in [0.2, 0.25) is 0 Å². The van der Waals surface area contributed by atoms with Crippen LogP contribution in [0.3, 0.4) is 0 Å². The van der Waals surface area contributed by atoms with Crippen molar-refractivity contribution in [1.29, 1.82) is 0 Å². The Bertz CT molecular complexity index is 1100. The monoisotopic (exact) mass is 357 g/mol. The van der Waals surface area contributed by atoms with Gasteiger partial charge in [-0.05, 0) is 30.3 Å². The minimum Gasteiger partial charge on any atom is -0.337 e. The van der Waals surface area contributed by atoms with Crippen LogP contribution in [-0.4, -0.2) is 14.9 Å². The van der Waals surface area contributed by atoms with Gasteiger partial charge in [0.25, 0.3) is 5.69 Å². The molecule has 0 radical (unpaired) electrons. The fourth-order valence-corrected chi connectivity index (χ4v) is 2.65. The molecule has 0 aliphatic rings. The van der Waals surface area contributed by atoms with Crippen molar-refractivity contribution in [2.75, 3.05) is 10.6 Å². The van der Waals surface area contributed by atoms with Crippen molar-refractivity contribution in [3.8, 4) is 0 Å². The number of benzene rings is 3. The molecule has 0 bridgehead atoms. The Labute approximate surface area is 154 Å². The summed E-state index contributed by atoms with van der Waals surface area (Å²) in [5, 5.41) is 17.5. The van der Waals surface area contributed by atoms with Gasteiger partial charge in [0, 0.05) is 23.5 Å². The molecule has 1 aromatic heterocycles. The first-order valence-electron chi connectivity index (χ1n) is 8.29. The van der Waals surface area contributed by atoms with Crippen molar-refractivity contribution in [2.24, 2.45) is 0 Å². The normalized spacial score (nSPS) is 10.5. The van der Waals surface area contributed by atoms with E-state index in [4.69, 9.17) is 0 Å². The minimum absolute atomic E-state index is 0.0220. The summed E-state index contributed by atoms with van der Waals surface area (Å²) in [6, 6.07) is 23.6. The summed E-state index contributed by atoms with van der Waals surface area (Å²) in [6.45, 7) is 0. The van der Waals surface area contributed by atoms with Crippen LogP contribution >= 0.6 is 0 Å². The Kier molecular flexibility index (Phi) is 4.32. The third-order valence-electron chi connectivity index (χ3n) is 3.93. The van der Waals surface area contributed by atoms with Crippen LogP contribution in [0.5, 0.6) is 0 Å². The third kappa shape index (κ3) is 3.67. The van der Waals surface area contributed by atoms with E-state index in [2.05, 4.69) is 20.6 Å². The molecule has 4 aromatic rings. The Hall–Kier alpha value is -4.00. The molecule has 0 aliphatic heterocycles. The van der Waals surface area contributed by atoms with E-state index in [0.29, 0.717) is 22.7 Å². The van der Waals surface area contributed by atoms with Crippen LogP contribution < -0.4 is 10.6 Å². The van der Waals surface area contributed by atoms with Gasteiger partial charge in [-0.1, -0.05) is 36.4 Å². The van der Waals surface area contributed by atoms with Crippen LogP contribution in [0, 0.1) is 10.1 Å². The molecule has 4 rings (SSSR count). The van der Waals surface area contributed by atoms with Crippen molar-refractivity contribution in [2.45, 2.75) is 0 Å². The molecule has 27 heavy (non-hydrogen) atoms. The Morgan fingerprint density at radius 2 is 1.22 bits per heavy atom. The number of non-ortho nitro benzene ring substituents is 1. The molecule has 0 atom stereocenters. The first kappa shape index (κ1) is 16.5. The molecular weight excluding hydrogens is 342 g/mol. The van der Waals surface area contributed by atoms with Crippen LogP contribution in [-0.2, 0) is 0 Å². The van der Waals surface area contributed by atoms with Gasteiger partial charge in [-0.15, -0.1) is 0 Å². The van der Waals surface area contributed by atoms with Crippen molar-refractivity contribution in [1.82, 2.24) is 9.97 Å². The number of hydrogen-bond acceptors (Lipinski definition) is 6. The first-order valence-corrected chi connectivity index (χ1v) is 8.29. The van der Waals surface area contributed by atoms with Gasteiger partial charge in [-0.2, -0.15) is 0 Å². The molecule has 0 saturated heterocycles. The maximum atomic E-state index is 11.1. The highest BCUT2D eigenvalue weighted by Gasteiger charge is 2.13. The molecule has 0 saturated carbocycles. The number of hydrogen-bond donors (Lipinski definition) is 2. The van der Waals surface area contributed by atoms with Gasteiger partial charge in [-0.3, -0.25) is 10.1 Å². The van der Waals surface area contributed by atoms with Gasteiger partial charge < -0.3 is 10.6 Å². The number of rotatable bonds is 5. The van der Waals surface area contributed by atoms with E-state index in [-0.39, 0.29) is 5.69 Å². The highest BCUT2D eigenvalue weighted by molar-refractivity contribution is 5.84. The largest absolute Gasteiger partial charge is 0.337 e. The number of para-hydroxylation sites is 2. The van der Waals surface area contributed by atoms with E-state index in [1.165, 1.54) is 12.1 Å². The molecule has 132 valence electrons. The van der Waals surface area contributed by atoms with Crippen LogP contribution in [0.15, 0.2) is 78.9 Å². The van der Waals surface area contributed by atoms with Crippen LogP contribution in [0.1, 0.15) is 0 Å². The lowest BCUT2D eigenvalue weighted by atomic mass is 10.2. The summed E-state index contributed by atoms with van der Waals surface area (Å²) < 4.78 is 0. The number of nitrogens with one attached hydrogen (secondary N) is 2. The molecule has 0 spiro atoms. The number of fused-ring (bicyclic) bond motifs is 1. The molecule has 0 fully saturated rings. The lowest BCUT2D eigenvalue weighted by Gasteiger charge is -2.13. The highest BCUT2D eigenvalue weighted by atomic mass is 16.6. The third-order valence-corrected chi connectivity index (χ3v) is 3.93. The van der Waals surface area contributed by atoms with Crippen LogP contribution in [0.4, 0.5) is 28.7 Å². The fraction of sp³-hybridized carbons (Fsp3) is 0. The lowest BCUT2D eigenvalue weighted by Crippen LogP contribution is -2.03. The van der Waals surface area contributed by atoms with Crippen molar-refractivity contribution in [3.05, 3.63) is 89.0 Å². The summed E-state index contributed by atoms with van der Waals surface area (Å²) in [5.41, 5.74) is 2.70. The van der Waals surface area contributed by atoms with Crippen molar-refractivity contribution < 1.29 is 4.92 Å². The van der Waals surface area contributed by atoms with Crippen molar-refractivity contribution in [3.63, 3.8) is 0 Å². The average molecular weight is 357 g/mol. The van der Waals surface area contributed by atoms with Crippen molar-refractivity contribution >= 4 is 39.7 Å². The van der Waals surface area contributed by atoms with Gasteiger partial charge in [0.05, 0.1) is 16.0 Å². The number of aromatic nitrogens is 2. The van der Waals surface area contributed by atoms with E-state index >= 15 is 0 Å². The predicted octanol–water partition coefficient (Wildman–Crippen LogP) is 5.03. The molecule has 1 heterocycles. The highest BCUT2D eigenvalue weighted by Crippen LogP contribution is 2.28. The average Bonchev–Trinajstić information content (AvgIpc) is 2.69. The second-order valence-corrected chi connectivity index (χ2v) is 5.83. The lowest BCUT2D eigenvalue weighted by molar-refractivity contribution is -0.384. The zero-order valence-electron chi connectivity index (χ0n) is 14.2. The smallest absolute Gasteiger partial charge is 0.271 e. The molecule has 3 aromatic carbocycles. The molecule has 0 aliphatic carbocycles. The molecule has 7 heteroatoms. The zero-order chi connectivity index (χ0) is 18.6. The van der Waals surface area contributed by atoms with E-state index in [0.717, 1.165) is 11.4 Å². The zero-order valence-corrected chi connectivity index (χ0v) is 14.2. The Morgan fingerprint density at radius 1 is 0.704 bits per heavy atom. The maximum Gasteiger partial charge on any atom is 0.271 e. The Morgan fingerprint density at radius 3 is 1.74 bits per heavy atom. The summed E-state index contributed by atoms with van der Waals surface area (Å²) in [4.78, 5) is 19.8. The molecule has 7 nitrogen and oxygen atoms in total. The van der Waals surface area contributed by atoms with E-state index in [9.17, 15) is 10.1 Å². The quantitative estimate of drug-likeness (QED) is 0.384. The van der Waals surface area contributed by atoms with E-state index in [1.54, 1.807) is 6.07 Å². The van der Waals surface area contributed by atoms with Gasteiger partial charge in [0.1, 0.15) is 0 Å². The SMILES string of the molecule is O=[N+]([O-])c1ccc2nc(Nc3ccccc3)c(Nc3ccccc3)nc2c1. The second kappa shape index (κ2) is 7.09. The maximum absolute atomic E-state index is 11.1.